The predicted octanol–water partition coefficient (Wildman–Crippen LogP) is 4.50. The largest absolute Gasteiger partial charge is 0.573 e. The Morgan fingerprint density at radius 1 is 0.959 bits per heavy atom. The first kappa shape index (κ1) is 41.1. The average molecular weight is 712 g/mol. The maximum atomic E-state index is 14.1. The Balaban J connectivity index is 2.35. The van der Waals surface area contributed by atoms with Crippen LogP contribution in [0.1, 0.15) is 61.0 Å². The van der Waals surface area contributed by atoms with Crippen LogP contribution < -0.4 is 25.8 Å². The minimum Gasteiger partial charge on any atom is -0.404 e. The molecule has 3 amide bonds. The van der Waals surface area contributed by atoms with Crippen LogP contribution in [0.5, 0.6) is 5.75 Å². The van der Waals surface area contributed by atoms with Crippen LogP contribution in [0.25, 0.3) is 0 Å². The number of hydrogen-bond acceptors (Lipinski definition) is 8. The Labute approximate surface area is 286 Å². The van der Waals surface area contributed by atoms with E-state index in [4.69, 9.17) is 5.73 Å². The number of likely N-dealkylation sites (N-methyl/N-ethyl adjacent to an activating group) is 2. The molecule has 3 atom stereocenters. The van der Waals surface area contributed by atoms with Gasteiger partial charge < -0.3 is 26.0 Å². The van der Waals surface area contributed by atoms with Gasteiger partial charge in [0.15, 0.2) is 5.75 Å². The smallest absolute Gasteiger partial charge is 0.404 e. The molecule has 5 N–H and O–H groups in total. The van der Waals surface area contributed by atoms with Crippen LogP contribution in [0, 0.1) is 11.3 Å². The van der Waals surface area contributed by atoms with Crippen LogP contribution in [0.15, 0.2) is 65.1 Å². The lowest BCUT2D eigenvalue weighted by atomic mass is 9.76. The Hall–Kier alpha value is -4.11. The number of hydrogen-bond donors (Lipinski definition) is 4. The molecule has 0 aliphatic heterocycles. The van der Waals surface area contributed by atoms with Crippen molar-refractivity contribution in [1.29, 1.82) is 0 Å². The van der Waals surface area contributed by atoms with Gasteiger partial charge in [-0.15, -0.1) is 13.2 Å². The van der Waals surface area contributed by atoms with E-state index in [1.165, 1.54) is 24.9 Å². The Bertz CT molecular complexity index is 1640. The summed E-state index contributed by atoms with van der Waals surface area (Å²) in [6, 6.07) is 9.47. The van der Waals surface area contributed by atoms with Crippen molar-refractivity contribution in [2.24, 2.45) is 11.3 Å². The number of rotatable bonds is 13. The van der Waals surface area contributed by atoms with Crippen LogP contribution in [0.3, 0.4) is 0 Å². The molecule has 2 rings (SSSR count). The highest BCUT2D eigenvalue weighted by molar-refractivity contribution is 7.90. The van der Waals surface area contributed by atoms with E-state index in [-0.39, 0.29) is 17.4 Å². The number of sulfonamides is 1. The summed E-state index contributed by atoms with van der Waals surface area (Å²) in [4.78, 5) is 41.6. The minimum atomic E-state index is -5.13. The topological polar surface area (TPSA) is 160 Å². The highest BCUT2D eigenvalue weighted by atomic mass is 32.2. The maximum absolute atomic E-state index is 14.1. The van der Waals surface area contributed by atoms with E-state index in [9.17, 15) is 36.0 Å². The van der Waals surface area contributed by atoms with Crippen LogP contribution in [0.4, 0.5) is 18.9 Å². The van der Waals surface area contributed by atoms with E-state index in [0.29, 0.717) is 6.07 Å². The molecule has 0 aliphatic carbocycles. The second kappa shape index (κ2) is 15.6. The molecule has 2 aromatic carbocycles. The third kappa shape index (κ3) is 10.7. The summed E-state index contributed by atoms with van der Waals surface area (Å²) in [6.07, 6.45) is -3.71. The van der Waals surface area contributed by atoms with Crippen molar-refractivity contribution < 1.29 is 40.7 Å². The lowest BCUT2D eigenvalue weighted by molar-refractivity contribution is -0.274. The van der Waals surface area contributed by atoms with Crippen LogP contribution >= 0.6 is 0 Å². The molecule has 0 radical (unpaired) electrons. The molecule has 0 bridgehead atoms. The third-order valence-corrected chi connectivity index (χ3v) is 9.52. The van der Waals surface area contributed by atoms with Gasteiger partial charge in [0.1, 0.15) is 6.04 Å². The molecular formula is C34H48F3N5O6S. The Kier molecular flexibility index (Phi) is 13.1. The number of anilines is 1. The predicted molar refractivity (Wildman–Crippen MR) is 182 cm³/mol. The zero-order valence-corrected chi connectivity index (χ0v) is 30.3. The van der Waals surface area contributed by atoms with E-state index >= 15 is 0 Å². The highest BCUT2D eigenvalue weighted by Gasteiger charge is 2.42. The number of halogens is 3. The van der Waals surface area contributed by atoms with E-state index < -0.39 is 73.5 Å². The molecule has 0 unspecified atom stereocenters. The molecule has 0 aliphatic rings. The summed E-state index contributed by atoms with van der Waals surface area (Å²) < 4.78 is 69.8. The molecule has 0 saturated heterocycles. The number of nitrogens with zero attached hydrogens (tertiary/aromatic N) is 1. The minimum absolute atomic E-state index is 0.0830. The third-order valence-electron chi connectivity index (χ3n) is 8.19. The number of nitrogens with one attached hydrogen (secondary N) is 3. The molecule has 15 heteroatoms. The van der Waals surface area contributed by atoms with E-state index in [1.807, 2.05) is 69.7 Å². The van der Waals surface area contributed by atoms with E-state index in [2.05, 4.69) is 15.4 Å². The highest BCUT2D eigenvalue weighted by Crippen LogP contribution is 2.31. The van der Waals surface area contributed by atoms with Gasteiger partial charge in [0.25, 0.3) is 15.9 Å². The van der Waals surface area contributed by atoms with Gasteiger partial charge in [-0.2, -0.15) is 0 Å². The van der Waals surface area contributed by atoms with Gasteiger partial charge >= 0.3 is 6.36 Å². The van der Waals surface area contributed by atoms with Crippen molar-refractivity contribution in [3.8, 4) is 5.75 Å². The SMILES string of the molecule is CN[C@H](C(=O)N[C@H](C(=O)N(C)[C@H](/C=C(\C)C(=O)NS(=O)(=O)c1ccc(N)c(OC(F)(F)F)c1)C(C)C)C(C)(C)C)C(C)(C)c1ccccc1. The number of benzene rings is 2. The van der Waals surface area contributed by atoms with Crippen molar-refractivity contribution in [3.05, 3.63) is 65.7 Å². The molecule has 2 aromatic rings. The molecule has 272 valence electrons. The fourth-order valence-corrected chi connectivity index (χ4v) is 6.35. The summed E-state index contributed by atoms with van der Waals surface area (Å²) in [5, 5.41) is 6.03. The Morgan fingerprint density at radius 3 is 2.02 bits per heavy atom. The van der Waals surface area contributed by atoms with Crippen molar-refractivity contribution in [3.63, 3.8) is 0 Å². The Morgan fingerprint density at radius 2 is 1.53 bits per heavy atom. The molecule has 49 heavy (non-hydrogen) atoms. The average Bonchev–Trinajstić information content (AvgIpc) is 2.97. The normalized spacial score (nSPS) is 14.9. The summed E-state index contributed by atoms with van der Waals surface area (Å²) in [5.74, 6) is -3.11. The summed E-state index contributed by atoms with van der Waals surface area (Å²) in [5.41, 5.74) is 4.48. The number of carbonyl (C=O) groups excluding carboxylic acids is 3. The monoisotopic (exact) mass is 711 g/mol. The van der Waals surface area contributed by atoms with Gasteiger partial charge in [-0.1, -0.05) is 84.9 Å². The fourth-order valence-electron chi connectivity index (χ4n) is 5.32. The molecule has 0 fully saturated rings. The first-order valence-corrected chi connectivity index (χ1v) is 17.0. The lowest BCUT2D eigenvalue weighted by Crippen LogP contribution is -2.61. The number of alkyl halides is 3. The number of carbonyl (C=O) groups is 3. The molecular weight excluding hydrogens is 663 g/mol. The van der Waals surface area contributed by atoms with Crippen LogP contribution in [0.2, 0.25) is 0 Å². The van der Waals surface area contributed by atoms with E-state index in [1.54, 1.807) is 20.9 Å². The van der Waals surface area contributed by atoms with Gasteiger partial charge in [0, 0.05) is 24.1 Å². The second-order valence-electron chi connectivity index (χ2n) is 13.8. The van der Waals surface area contributed by atoms with Crippen molar-refractivity contribution >= 4 is 33.4 Å². The molecule has 0 spiro atoms. The molecule has 0 aromatic heterocycles. The second-order valence-corrected chi connectivity index (χ2v) is 15.5. The quantitative estimate of drug-likeness (QED) is 0.175. The van der Waals surface area contributed by atoms with Crippen molar-refractivity contribution in [2.45, 2.75) is 90.2 Å². The summed E-state index contributed by atoms with van der Waals surface area (Å²) in [7, 11) is -1.46. The summed E-state index contributed by atoms with van der Waals surface area (Å²) >= 11 is 0. The fraction of sp³-hybridized carbons (Fsp3) is 0.500. The van der Waals surface area contributed by atoms with Crippen molar-refractivity contribution in [1.82, 2.24) is 20.3 Å². The van der Waals surface area contributed by atoms with Gasteiger partial charge in [0.05, 0.1) is 22.7 Å². The van der Waals surface area contributed by atoms with E-state index in [0.717, 1.165) is 17.7 Å². The molecule has 11 nitrogen and oxygen atoms in total. The molecule has 0 saturated carbocycles. The number of amides is 3. The lowest BCUT2D eigenvalue weighted by Gasteiger charge is -2.40. The standard InChI is InChI=1S/C34H48F3N5O6S/c1-20(2)25(18-21(3)29(43)41-49(46,47)23-16-17-24(38)26(19-23)48-34(35,36)37)42(10)31(45)28(32(4,5)6)40-30(44)27(39-9)33(7,8)22-14-12-11-13-15-22/h11-20,25,27-28,39H,38H2,1-10H3,(H,40,44)(H,41,43)/b21-18+/t25-,27-,28-/m1/s1. The zero-order chi connectivity index (χ0) is 37.7. The van der Waals surface area contributed by atoms with Gasteiger partial charge in [-0.3, -0.25) is 14.4 Å². The number of nitrogen functional groups attached to an aromatic ring is 1. The first-order chi connectivity index (χ1) is 22.3. The van der Waals surface area contributed by atoms with Gasteiger partial charge in [0.2, 0.25) is 11.8 Å². The first-order valence-electron chi connectivity index (χ1n) is 15.5. The number of nitrogens with two attached hydrogens (primary N) is 1. The van der Waals surface area contributed by atoms with Crippen LogP contribution in [-0.4, -0.2) is 69.6 Å². The molecule has 0 heterocycles. The van der Waals surface area contributed by atoms with Gasteiger partial charge in [-0.05, 0) is 43.0 Å². The van der Waals surface area contributed by atoms with Gasteiger partial charge in [-0.25, -0.2) is 13.1 Å². The zero-order valence-electron chi connectivity index (χ0n) is 29.5. The van der Waals surface area contributed by atoms with Crippen molar-refractivity contribution in [2.75, 3.05) is 19.8 Å². The number of ether oxygens (including phenoxy) is 1. The van der Waals surface area contributed by atoms with Crippen LogP contribution in [-0.2, 0) is 29.8 Å². The maximum Gasteiger partial charge on any atom is 0.573 e. The summed E-state index contributed by atoms with van der Waals surface area (Å²) in [6.45, 7) is 14.2.